The molecule has 0 aliphatic carbocycles. The first-order valence-electron chi connectivity index (χ1n) is 4.20. The molecule has 0 unspecified atom stereocenters. The van der Waals surface area contributed by atoms with Gasteiger partial charge in [-0.05, 0) is 25.0 Å². The molecule has 1 aromatic heterocycles. The average Bonchev–Trinajstić information content (AvgIpc) is 2.05. The monoisotopic (exact) mass is 163 g/mol. The minimum Gasteiger partial charge on any atom is -0.292 e. The Hall–Kier alpha value is -1.18. The van der Waals surface area contributed by atoms with Crippen LogP contribution in [0.1, 0.15) is 35.8 Å². The lowest BCUT2D eigenvalue weighted by atomic mass is 10.1. The molecule has 12 heavy (non-hydrogen) atoms. The molecule has 0 aromatic carbocycles. The second-order valence-corrected chi connectivity index (χ2v) is 2.84. The van der Waals surface area contributed by atoms with Gasteiger partial charge in [0.2, 0.25) is 0 Å². The van der Waals surface area contributed by atoms with Gasteiger partial charge in [0.25, 0.3) is 0 Å². The van der Waals surface area contributed by atoms with E-state index < -0.39 is 0 Å². The lowest BCUT2D eigenvalue weighted by molar-refractivity contribution is 0.0976. The van der Waals surface area contributed by atoms with E-state index in [0.717, 1.165) is 12.0 Å². The van der Waals surface area contributed by atoms with Gasteiger partial charge in [0.1, 0.15) is 5.69 Å². The van der Waals surface area contributed by atoms with Crippen molar-refractivity contribution in [1.29, 1.82) is 0 Å². The third-order valence-electron chi connectivity index (χ3n) is 1.75. The van der Waals surface area contributed by atoms with Crippen LogP contribution in [0.15, 0.2) is 18.3 Å². The Kier molecular flexibility index (Phi) is 2.97. The standard InChI is InChI=1S/C10H13NO/c1-3-5-9(12)10-8(2)6-4-7-11-10/h4,6-7H,3,5H2,1-2H3. The zero-order chi connectivity index (χ0) is 8.97. The zero-order valence-corrected chi connectivity index (χ0v) is 7.50. The van der Waals surface area contributed by atoms with Crippen molar-refractivity contribution < 1.29 is 4.79 Å². The lowest BCUT2D eigenvalue weighted by Gasteiger charge is -2.00. The number of aromatic nitrogens is 1. The highest BCUT2D eigenvalue weighted by atomic mass is 16.1. The number of carbonyl (C=O) groups is 1. The molecule has 1 aromatic rings. The summed E-state index contributed by atoms with van der Waals surface area (Å²) in [6, 6.07) is 3.76. The molecular weight excluding hydrogens is 150 g/mol. The average molecular weight is 163 g/mol. The molecule has 0 spiro atoms. The van der Waals surface area contributed by atoms with Crippen molar-refractivity contribution in [3.05, 3.63) is 29.6 Å². The molecule has 0 amide bonds. The maximum atomic E-state index is 11.4. The van der Waals surface area contributed by atoms with Crippen molar-refractivity contribution in [2.45, 2.75) is 26.7 Å². The first kappa shape index (κ1) is 8.91. The summed E-state index contributed by atoms with van der Waals surface area (Å²) < 4.78 is 0. The summed E-state index contributed by atoms with van der Waals surface area (Å²) >= 11 is 0. The minimum atomic E-state index is 0.149. The highest BCUT2D eigenvalue weighted by Crippen LogP contribution is 2.07. The maximum absolute atomic E-state index is 11.4. The van der Waals surface area contributed by atoms with Gasteiger partial charge in [-0.1, -0.05) is 13.0 Å². The molecule has 0 N–H and O–H groups in total. The number of hydrogen-bond acceptors (Lipinski definition) is 2. The highest BCUT2D eigenvalue weighted by molar-refractivity contribution is 5.95. The summed E-state index contributed by atoms with van der Waals surface area (Å²) in [5.74, 6) is 0.149. The Labute approximate surface area is 72.6 Å². The van der Waals surface area contributed by atoms with Gasteiger partial charge in [-0.25, -0.2) is 0 Å². The molecule has 2 nitrogen and oxygen atoms in total. The first-order valence-corrected chi connectivity index (χ1v) is 4.20. The van der Waals surface area contributed by atoms with Gasteiger partial charge in [-0.15, -0.1) is 0 Å². The van der Waals surface area contributed by atoms with E-state index in [-0.39, 0.29) is 5.78 Å². The fraction of sp³-hybridized carbons (Fsp3) is 0.400. The fourth-order valence-electron chi connectivity index (χ4n) is 1.12. The Balaban J connectivity index is 2.87. The first-order chi connectivity index (χ1) is 5.75. The largest absolute Gasteiger partial charge is 0.292 e. The molecule has 0 atom stereocenters. The van der Waals surface area contributed by atoms with E-state index in [0.29, 0.717) is 12.1 Å². The van der Waals surface area contributed by atoms with Crippen LogP contribution < -0.4 is 0 Å². The van der Waals surface area contributed by atoms with Gasteiger partial charge in [0, 0.05) is 12.6 Å². The van der Waals surface area contributed by atoms with Crippen molar-refractivity contribution in [3.8, 4) is 0 Å². The third-order valence-corrected chi connectivity index (χ3v) is 1.75. The van der Waals surface area contributed by atoms with E-state index in [1.807, 2.05) is 26.0 Å². The molecular formula is C10H13NO. The fourth-order valence-corrected chi connectivity index (χ4v) is 1.12. The van der Waals surface area contributed by atoms with Crippen LogP contribution in [-0.2, 0) is 0 Å². The minimum absolute atomic E-state index is 0.149. The summed E-state index contributed by atoms with van der Waals surface area (Å²) in [4.78, 5) is 15.5. The van der Waals surface area contributed by atoms with Gasteiger partial charge >= 0.3 is 0 Å². The number of hydrogen-bond donors (Lipinski definition) is 0. The summed E-state index contributed by atoms with van der Waals surface area (Å²) in [6.07, 6.45) is 3.14. The van der Waals surface area contributed by atoms with Gasteiger partial charge in [0.05, 0.1) is 0 Å². The third kappa shape index (κ3) is 1.91. The van der Waals surface area contributed by atoms with Crippen LogP contribution >= 0.6 is 0 Å². The quantitative estimate of drug-likeness (QED) is 0.640. The van der Waals surface area contributed by atoms with E-state index in [4.69, 9.17) is 0 Å². The molecule has 0 fully saturated rings. The highest BCUT2D eigenvalue weighted by Gasteiger charge is 2.07. The number of Topliss-reactive ketones (excluding diaryl/α,β-unsaturated/α-hetero) is 1. The van der Waals surface area contributed by atoms with Crippen LogP contribution in [0.4, 0.5) is 0 Å². The van der Waals surface area contributed by atoms with Crippen molar-refractivity contribution >= 4 is 5.78 Å². The van der Waals surface area contributed by atoms with Crippen LogP contribution in [0, 0.1) is 6.92 Å². The van der Waals surface area contributed by atoms with E-state index in [9.17, 15) is 4.79 Å². The number of carbonyl (C=O) groups excluding carboxylic acids is 1. The molecule has 0 bridgehead atoms. The Morgan fingerprint density at radius 1 is 1.58 bits per heavy atom. The number of ketones is 1. The number of nitrogens with zero attached hydrogens (tertiary/aromatic N) is 1. The van der Waals surface area contributed by atoms with E-state index in [1.165, 1.54) is 0 Å². The summed E-state index contributed by atoms with van der Waals surface area (Å²) in [5.41, 5.74) is 1.59. The van der Waals surface area contributed by atoms with Gasteiger partial charge in [0.15, 0.2) is 5.78 Å². The molecule has 1 rings (SSSR count). The Morgan fingerprint density at radius 2 is 2.33 bits per heavy atom. The Morgan fingerprint density at radius 3 is 2.92 bits per heavy atom. The van der Waals surface area contributed by atoms with Gasteiger partial charge in [-0.2, -0.15) is 0 Å². The molecule has 0 aliphatic rings. The number of rotatable bonds is 3. The summed E-state index contributed by atoms with van der Waals surface area (Å²) in [6.45, 7) is 3.91. The summed E-state index contributed by atoms with van der Waals surface area (Å²) in [7, 11) is 0. The van der Waals surface area contributed by atoms with E-state index >= 15 is 0 Å². The van der Waals surface area contributed by atoms with Crippen molar-refractivity contribution in [2.24, 2.45) is 0 Å². The zero-order valence-electron chi connectivity index (χ0n) is 7.50. The van der Waals surface area contributed by atoms with E-state index in [1.54, 1.807) is 6.20 Å². The van der Waals surface area contributed by atoms with Crippen LogP contribution in [0.2, 0.25) is 0 Å². The van der Waals surface area contributed by atoms with Crippen LogP contribution in [-0.4, -0.2) is 10.8 Å². The van der Waals surface area contributed by atoms with Crippen molar-refractivity contribution in [2.75, 3.05) is 0 Å². The second-order valence-electron chi connectivity index (χ2n) is 2.84. The van der Waals surface area contributed by atoms with Crippen LogP contribution in [0.25, 0.3) is 0 Å². The molecule has 0 saturated carbocycles. The second kappa shape index (κ2) is 4.00. The predicted octanol–water partition coefficient (Wildman–Crippen LogP) is 2.37. The normalized spacial score (nSPS) is 9.83. The van der Waals surface area contributed by atoms with Gasteiger partial charge in [-0.3, -0.25) is 9.78 Å². The molecule has 0 aliphatic heterocycles. The molecule has 0 saturated heterocycles. The topological polar surface area (TPSA) is 30.0 Å². The molecule has 1 heterocycles. The van der Waals surface area contributed by atoms with Crippen molar-refractivity contribution in [1.82, 2.24) is 4.98 Å². The smallest absolute Gasteiger partial charge is 0.181 e. The number of aryl methyl sites for hydroxylation is 1. The Bertz CT molecular complexity index is 281. The number of pyridine rings is 1. The molecule has 64 valence electrons. The molecule has 2 heteroatoms. The van der Waals surface area contributed by atoms with Crippen LogP contribution in [0.5, 0.6) is 0 Å². The van der Waals surface area contributed by atoms with Gasteiger partial charge < -0.3 is 0 Å². The summed E-state index contributed by atoms with van der Waals surface area (Å²) in [5, 5.41) is 0. The predicted molar refractivity (Wildman–Crippen MR) is 48.2 cm³/mol. The lowest BCUT2D eigenvalue weighted by Crippen LogP contribution is -2.03. The molecule has 0 radical (unpaired) electrons. The van der Waals surface area contributed by atoms with Crippen LogP contribution in [0.3, 0.4) is 0 Å². The van der Waals surface area contributed by atoms with Crippen molar-refractivity contribution in [3.63, 3.8) is 0 Å². The maximum Gasteiger partial charge on any atom is 0.181 e. The van der Waals surface area contributed by atoms with E-state index in [2.05, 4.69) is 4.98 Å². The SMILES string of the molecule is CCCC(=O)c1ncccc1C.